The molecule has 0 bridgehead atoms. The smallest absolute Gasteiger partial charge is 0.326 e. The van der Waals surface area contributed by atoms with Gasteiger partial charge in [-0.2, -0.15) is 0 Å². The van der Waals surface area contributed by atoms with Gasteiger partial charge in [-0.1, -0.05) is 90.4 Å². The maximum Gasteiger partial charge on any atom is 0.326 e. The molecular weight excluding hydrogens is 901 g/mol. The van der Waals surface area contributed by atoms with E-state index in [0.29, 0.717) is 25.8 Å². The van der Waals surface area contributed by atoms with Gasteiger partial charge in [-0.15, -0.1) is 0 Å². The van der Waals surface area contributed by atoms with Crippen molar-refractivity contribution >= 4 is 53.1 Å². The van der Waals surface area contributed by atoms with Crippen LogP contribution < -0.4 is 21.3 Å². The minimum atomic E-state index is -1.27. The molecule has 7 N–H and O–H groups in total. The van der Waals surface area contributed by atoms with Gasteiger partial charge in [-0.25, -0.2) is 9.59 Å². The summed E-state index contributed by atoms with van der Waals surface area (Å²) < 4.78 is 21.4. The maximum absolute atomic E-state index is 12.3. The molecule has 0 aromatic carbocycles. The van der Waals surface area contributed by atoms with Gasteiger partial charge in [0.15, 0.2) is 5.78 Å². The van der Waals surface area contributed by atoms with Crippen molar-refractivity contribution in [2.45, 2.75) is 186 Å². The molecule has 0 unspecified atom stereocenters. The van der Waals surface area contributed by atoms with Gasteiger partial charge in [0.05, 0.1) is 33.0 Å². The van der Waals surface area contributed by atoms with E-state index in [4.69, 9.17) is 24.1 Å². The van der Waals surface area contributed by atoms with E-state index in [2.05, 4.69) is 21.3 Å². The number of carbonyl (C=O) groups excluding carboxylic acids is 6. The molecule has 0 rings (SSSR count). The largest absolute Gasteiger partial charge is 0.481 e. The summed E-state index contributed by atoms with van der Waals surface area (Å²) in [7, 11) is 0. The van der Waals surface area contributed by atoms with Crippen molar-refractivity contribution in [3.63, 3.8) is 0 Å². The van der Waals surface area contributed by atoms with E-state index in [1.807, 2.05) is 6.92 Å². The fourth-order valence-corrected chi connectivity index (χ4v) is 6.93. The lowest BCUT2D eigenvalue weighted by Crippen LogP contribution is -2.43. The lowest BCUT2D eigenvalue weighted by Gasteiger charge is -2.15. The average Bonchev–Trinajstić information content (AvgIpc) is 3.29. The summed E-state index contributed by atoms with van der Waals surface area (Å²) in [5.41, 5.74) is 0. The number of amides is 4. The highest BCUT2D eigenvalue weighted by atomic mass is 16.5. The highest BCUT2D eigenvalue weighted by molar-refractivity contribution is 5.85. The molecule has 0 aromatic heterocycles. The highest BCUT2D eigenvalue weighted by Gasteiger charge is 2.22. The van der Waals surface area contributed by atoms with Crippen LogP contribution in [0.25, 0.3) is 0 Å². The second-order valence-electron chi connectivity index (χ2n) is 17.5. The van der Waals surface area contributed by atoms with Gasteiger partial charge < -0.3 is 55.5 Å². The molecule has 0 aliphatic carbocycles. The zero-order chi connectivity index (χ0) is 51.3. The van der Waals surface area contributed by atoms with E-state index >= 15 is 0 Å². The second-order valence-corrected chi connectivity index (χ2v) is 17.5. The zero-order valence-corrected chi connectivity index (χ0v) is 41.6. The Morgan fingerprint density at radius 1 is 0.420 bits per heavy atom. The Morgan fingerprint density at radius 3 is 1.38 bits per heavy atom. The third-order valence-electron chi connectivity index (χ3n) is 11.3. The van der Waals surface area contributed by atoms with Gasteiger partial charge in [0, 0.05) is 59.1 Å². The summed E-state index contributed by atoms with van der Waals surface area (Å²) in [5.74, 6) is -4.89. The first-order chi connectivity index (χ1) is 33.1. The molecule has 20 heteroatoms. The molecule has 0 saturated heterocycles. The Kier molecular flexibility index (Phi) is 41.7. The molecule has 0 heterocycles. The van der Waals surface area contributed by atoms with Crippen molar-refractivity contribution in [3.05, 3.63) is 0 Å². The number of rotatable bonds is 50. The minimum Gasteiger partial charge on any atom is -0.481 e. The predicted octanol–water partition coefficient (Wildman–Crippen LogP) is 5.30. The number of nitrogens with one attached hydrogen (secondary N) is 4. The SMILES string of the molecule is CC(=O)[C@@H](C)CCCCNC(=O)CC[C@H](NC(=O)COCCOCCCC(=O)COCCOCCNC(=O)CC[C@H](NC(=O)CCCCCCCCCCCCCCCCC(=O)O)C(=O)O)C(=O)O.[HH]. The van der Waals surface area contributed by atoms with E-state index in [9.17, 15) is 53.4 Å². The van der Waals surface area contributed by atoms with Crippen LogP contribution in [0.1, 0.15) is 176 Å². The lowest BCUT2D eigenvalue weighted by atomic mass is 10.0. The first-order valence-electron chi connectivity index (χ1n) is 25.2. The number of Topliss-reactive ketones (excluding diaryl/α,β-unsaturated/α-hetero) is 2. The van der Waals surface area contributed by atoms with Crippen molar-refractivity contribution in [1.29, 1.82) is 0 Å². The molecule has 0 saturated carbocycles. The van der Waals surface area contributed by atoms with Crippen molar-refractivity contribution in [2.75, 3.05) is 65.9 Å². The number of ether oxygens (including phenoxy) is 4. The summed E-state index contributed by atoms with van der Waals surface area (Å²) in [6.07, 6.45) is 18.0. The zero-order valence-electron chi connectivity index (χ0n) is 41.6. The van der Waals surface area contributed by atoms with Crippen LogP contribution in [-0.2, 0) is 62.1 Å². The summed E-state index contributed by atoms with van der Waals surface area (Å²) >= 11 is 0. The fraction of sp³-hybridized carbons (Fsp3) is 0.816. The molecule has 3 atom stereocenters. The van der Waals surface area contributed by atoms with Crippen LogP contribution in [0.5, 0.6) is 0 Å². The van der Waals surface area contributed by atoms with Crippen molar-refractivity contribution in [2.24, 2.45) is 5.92 Å². The molecule has 20 nitrogen and oxygen atoms in total. The van der Waals surface area contributed by atoms with Crippen LogP contribution in [0.4, 0.5) is 0 Å². The molecule has 4 amide bonds. The minimum absolute atomic E-state index is 0. The van der Waals surface area contributed by atoms with Gasteiger partial charge >= 0.3 is 17.9 Å². The Morgan fingerprint density at radius 2 is 0.870 bits per heavy atom. The molecule has 69 heavy (non-hydrogen) atoms. The van der Waals surface area contributed by atoms with Crippen LogP contribution in [0.2, 0.25) is 0 Å². The highest BCUT2D eigenvalue weighted by Crippen LogP contribution is 2.14. The maximum atomic E-state index is 12.3. The van der Waals surface area contributed by atoms with E-state index in [1.54, 1.807) is 6.92 Å². The molecule has 0 spiro atoms. The first-order valence-corrected chi connectivity index (χ1v) is 25.2. The standard InChI is InChI=1S/C49H86N4O16.H2/c1-38(39(2)54)20-17-18-28-50-43(56)26-25-42(49(64)65)53-46(59)37-69-35-32-66-30-19-21-40(55)36-68-34-33-67-31-29-51-44(57)27-24-41(48(62)63)52-45(58)22-15-13-11-9-7-5-3-4-6-8-10-12-14-16-23-47(60)61;/h38,41-42H,3-37H2,1-2H3,(H,50,56)(H,51,57)(H,52,58)(H,53,59)(H,60,61)(H,62,63)(H,64,65);1H/t38-,41-,42-;/m0./s1. The van der Waals surface area contributed by atoms with E-state index in [0.717, 1.165) is 57.8 Å². The van der Waals surface area contributed by atoms with Gasteiger partial charge in [0.25, 0.3) is 0 Å². The number of ketones is 2. The van der Waals surface area contributed by atoms with Crippen LogP contribution in [-0.4, -0.2) is 146 Å². The fourth-order valence-electron chi connectivity index (χ4n) is 6.93. The molecular formula is C49H88N4O16. The van der Waals surface area contributed by atoms with E-state index in [-0.39, 0.29) is 134 Å². The number of hydrogen-bond donors (Lipinski definition) is 7. The van der Waals surface area contributed by atoms with Gasteiger partial charge in [0.2, 0.25) is 23.6 Å². The summed E-state index contributed by atoms with van der Waals surface area (Å²) in [5, 5.41) is 37.9. The summed E-state index contributed by atoms with van der Waals surface area (Å²) in [4.78, 5) is 106. The third kappa shape index (κ3) is 43.2. The summed E-state index contributed by atoms with van der Waals surface area (Å²) in [6.45, 7) is 4.55. The number of aliphatic carboxylic acids is 3. The van der Waals surface area contributed by atoms with Crippen LogP contribution in [0.15, 0.2) is 0 Å². The van der Waals surface area contributed by atoms with Gasteiger partial charge in [-0.3, -0.25) is 33.6 Å². The second kappa shape index (κ2) is 44.7. The average molecular weight is 989 g/mol. The number of carboxylic acid groups (broad SMARTS) is 3. The van der Waals surface area contributed by atoms with Crippen molar-refractivity contribution in [3.8, 4) is 0 Å². The van der Waals surface area contributed by atoms with Gasteiger partial charge in [-0.05, 0) is 51.9 Å². The molecule has 0 fully saturated rings. The van der Waals surface area contributed by atoms with Gasteiger partial charge in [0.1, 0.15) is 31.1 Å². The van der Waals surface area contributed by atoms with Crippen molar-refractivity contribution < 1.29 is 78.8 Å². The number of unbranched alkanes of at least 4 members (excludes halogenated alkanes) is 14. The normalized spacial score (nSPS) is 12.4. The number of carboxylic acids is 3. The first kappa shape index (κ1) is 64.5. The van der Waals surface area contributed by atoms with Crippen LogP contribution in [0, 0.1) is 5.92 Å². The van der Waals surface area contributed by atoms with Crippen LogP contribution in [0.3, 0.4) is 0 Å². The number of carbonyl (C=O) groups is 9. The quantitative estimate of drug-likeness (QED) is 0.0381. The van der Waals surface area contributed by atoms with Crippen LogP contribution >= 0.6 is 0 Å². The Hall–Kier alpha value is -4.53. The Labute approximate surface area is 410 Å². The molecule has 400 valence electrons. The monoisotopic (exact) mass is 989 g/mol. The van der Waals surface area contributed by atoms with E-state index in [1.165, 1.54) is 38.5 Å². The predicted molar refractivity (Wildman–Crippen MR) is 258 cm³/mol. The lowest BCUT2D eigenvalue weighted by molar-refractivity contribution is -0.143. The summed E-state index contributed by atoms with van der Waals surface area (Å²) in [6, 6.07) is -2.41. The van der Waals surface area contributed by atoms with Crippen molar-refractivity contribution in [1.82, 2.24) is 21.3 Å². The molecule has 0 aromatic rings. The third-order valence-corrected chi connectivity index (χ3v) is 11.3. The Bertz CT molecular complexity index is 1470. The molecule has 0 radical (unpaired) electrons. The van der Waals surface area contributed by atoms with E-state index < -0.39 is 42.5 Å². The molecule has 0 aliphatic rings. The number of hydrogen-bond acceptors (Lipinski definition) is 13. The Balaban J connectivity index is 0. The molecule has 0 aliphatic heterocycles. The topological polar surface area (TPSA) is 299 Å².